The first-order valence-electron chi connectivity index (χ1n) is 5.91. The second kappa shape index (κ2) is 7.21. The number of benzene rings is 1. The summed E-state index contributed by atoms with van der Waals surface area (Å²) in [6, 6.07) is 9.17. The lowest BCUT2D eigenvalue weighted by Crippen LogP contribution is -2.10. The van der Waals surface area contributed by atoms with Gasteiger partial charge in [0, 0.05) is 16.2 Å². The fourth-order valence-corrected chi connectivity index (χ4v) is 1.99. The molecule has 1 aromatic heterocycles. The molecule has 0 fully saturated rings. The number of thiocarbonyl (C=S) groups is 1. The second-order valence-electron chi connectivity index (χ2n) is 3.92. The van der Waals surface area contributed by atoms with E-state index < -0.39 is 0 Å². The molecule has 4 nitrogen and oxygen atoms in total. The van der Waals surface area contributed by atoms with E-state index >= 15 is 0 Å². The number of aromatic nitrogens is 1. The van der Waals surface area contributed by atoms with Crippen LogP contribution in [0.1, 0.15) is 5.56 Å². The molecule has 0 aliphatic carbocycles. The summed E-state index contributed by atoms with van der Waals surface area (Å²) in [6.45, 7) is 0.883. The van der Waals surface area contributed by atoms with Crippen LogP contribution in [0.3, 0.4) is 0 Å². The molecule has 2 rings (SSSR count). The maximum Gasteiger partial charge on any atom is 0.138 e. The van der Waals surface area contributed by atoms with E-state index in [0.717, 1.165) is 15.8 Å². The Kier molecular flexibility index (Phi) is 5.31. The molecular weight excluding hydrogens is 340 g/mol. The third-order valence-electron chi connectivity index (χ3n) is 2.44. The lowest BCUT2D eigenvalue weighted by Gasteiger charge is -2.08. The lowest BCUT2D eigenvalue weighted by atomic mass is 10.2. The van der Waals surface area contributed by atoms with E-state index in [4.69, 9.17) is 27.4 Å². The Morgan fingerprint density at radius 2 is 1.75 bits per heavy atom. The largest absolute Gasteiger partial charge is 0.490 e. The highest BCUT2D eigenvalue weighted by molar-refractivity contribution is 9.10. The van der Waals surface area contributed by atoms with Gasteiger partial charge in [-0.15, -0.1) is 0 Å². The minimum absolute atomic E-state index is 0.377. The van der Waals surface area contributed by atoms with Gasteiger partial charge in [0.25, 0.3) is 0 Å². The molecule has 0 bridgehead atoms. The first kappa shape index (κ1) is 14.7. The molecule has 104 valence electrons. The molecule has 0 atom stereocenters. The summed E-state index contributed by atoms with van der Waals surface area (Å²) in [6.07, 6.45) is 3.36. The van der Waals surface area contributed by atoms with Crippen LogP contribution in [-0.2, 0) is 0 Å². The predicted molar refractivity (Wildman–Crippen MR) is 85.3 cm³/mol. The van der Waals surface area contributed by atoms with Gasteiger partial charge in [0.2, 0.25) is 0 Å². The van der Waals surface area contributed by atoms with Gasteiger partial charge in [-0.1, -0.05) is 12.2 Å². The Balaban J connectivity index is 1.77. The number of hydrogen-bond donors (Lipinski definition) is 1. The second-order valence-corrected chi connectivity index (χ2v) is 5.28. The van der Waals surface area contributed by atoms with Crippen molar-refractivity contribution in [3.8, 4) is 11.5 Å². The highest BCUT2D eigenvalue weighted by atomic mass is 79.9. The summed E-state index contributed by atoms with van der Waals surface area (Å²) in [5, 5.41) is 0. The molecule has 2 aromatic rings. The number of halogens is 1. The molecule has 0 saturated heterocycles. The molecule has 2 N–H and O–H groups in total. The third kappa shape index (κ3) is 4.47. The van der Waals surface area contributed by atoms with Crippen LogP contribution in [0, 0.1) is 0 Å². The Morgan fingerprint density at radius 3 is 2.35 bits per heavy atom. The highest BCUT2D eigenvalue weighted by Gasteiger charge is 1.99. The fraction of sp³-hybridized carbons (Fsp3) is 0.143. The zero-order chi connectivity index (χ0) is 14.4. The lowest BCUT2D eigenvalue weighted by molar-refractivity contribution is 0.216. The number of nitrogens with zero attached hydrogens (tertiary/aromatic N) is 1. The molecule has 1 heterocycles. The van der Waals surface area contributed by atoms with Crippen molar-refractivity contribution in [2.75, 3.05) is 13.2 Å². The Hall–Kier alpha value is -1.66. The quantitative estimate of drug-likeness (QED) is 0.639. The van der Waals surface area contributed by atoms with E-state index in [0.29, 0.717) is 24.0 Å². The van der Waals surface area contributed by atoms with Gasteiger partial charge >= 0.3 is 0 Å². The van der Waals surface area contributed by atoms with Gasteiger partial charge in [-0.3, -0.25) is 4.98 Å². The van der Waals surface area contributed by atoms with Gasteiger partial charge in [0.15, 0.2) is 0 Å². The molecule has 0 radical (unpaired) electrons. The van der Waals surface area contributed by atoms with Crippen LogP contribution >= 0.6 is 28.1 Å². The van der Waals surface area contributed by atoms with Crippen molar-refractivity contribution >= 4 is 33.1 Å². The summed E-state index contributed by atoms with van der Waals surface area (Å²) >= 11 is 8.22. The van der Waals surface area contributed by atoms with Crippen molar-refractivity contribution in [3.63, 3.8) is 0 Å². The topological polar surface area (TPSA) is 57.4 Å². The molecule has 20 heavy (non-hydrogen) atoms. The van der Waals surface area contributed by atoms with Crippen LogP contribution < -0.4 is 15.2 Å². The van der Waals surface area contributed by atoms with Crippen molar-refractivity contribution in [2.24, 2.45) is 5.73 Å². The van der Waals surface area contributed by atoms with E-state index in [-0.39, 0.29) is 0 Å². The fourth-order valence-electron chi connectivity index (χ4n) is 1.51. The number of rotatable bonds is 6. The van der Waals surface area contributed by atoms with E-state index in [9.17, 15) is 0 Å². The van der Waals surface area contributed by atoms with Crippen LogP contribution in [-0.4, -0.2) is 23.2 Å². The van der Waals surface area contributed by atoms with Gasteiger partial charge in [-0.25, -0.2) is 0 Å². The maximum atomic E-state index is 5.55. The van der Waals surface area contributed by atoms with Gasteiger partial charge in [0.1, 0.15) is 29.7 Å². The Bertz CT molecular complexity index is 590. The summed E-state index contributed by atoms with van der Waals surface area (Å²) in [5.41, 5.74) is 6.35. The predicted octanol–water partition coefficient (Wildman–Crippen LogP) is 2.94. The summed E-state index contributed by atoms with van der Waals surface area (Å²) in [5.74, 6) is 1.45. The van der Waals surface area contributed by atoms with E-state index in [1.165, 1.54) is 0 Å². The van der Waals surface area contributed by atoms with Crippen molar-refractivity contribution in [1.82, 2.24) is 4.98 Å². The smallest absolute Gasteiger partial charge is 0.138 e. The summed E-state index contributed by atoms with van der Waals surface area (Å²) in [4.78, 5) is 4.39. The van der Waals surface area contributed by atoms with Crippen molar-refractivity contribution in [3.05, 3.63) is 52.8 Å². The number of nitrogens with two attached hydrogens (primary N) is 1. The average molecular weight is 353 g/mol. The highest BCUT2D eigenvalue weighted by Crippen LogP contribution is 2.16. The standard InChI is InChI=1S/C14H13BrN2O2S/c15-11-7-13(9-17-8-11)19-6-5-18-12-3-1-10(2-4-12)14(16)20/h1-4,7-9H,5-6H2,(H2,16,20). The van der Waals surface area contributed by atoms with Gasteiger partial charge in [-0.05, 0) is 46.3 Å². The van der Waals surface area contributed by atoms with Gasteiger partial charge < -0.3 is 15.2 Å². The zero-order valence-corrected chi connectivity index (χ0v) is 13.0. The van der Waals surface area contributed by atoms with Crippen molar-refractivity contribution < 1.29 is 9.47 Å². The van der Waals surface area contributed by atoms with Crippen LogP contribution in [0.15, 0.2) is 47.2 Å². The van der Waals surface area contributed by atoms with E-state index in [1.54, 1.807) is 12.4 Å². The van der Waals surface area contributed by atoms with Crippen molar-refractivity contribution in [2.45, 2.75) is 0 Å². The van der Waals surface area contributed by atoms with E-state index in [1.807, 2.05) is 30.3 Å². The Morgan fingerprint density at radius 1 is 1.10 bits per heavy atom. The SMILES string of the molecule is NC(=S)c1ccc(OCCOc2cncc(Br)c2)cc1. The average Bonchev–Trinajstić information content (AvgIpc) is 2.44. The minimum Gasteiger partial charge on any atom is -0.490 e. The van der Waals surface area contributed by atoms with Crippen LogP contribution in [0.5, 0.6) is 11.5 Å². The first-order chi connectivity index (χ1) is 9.65. The number of ether oxygens (including phenoxy) is 2. The molecule has 0 saturated carbocycles. The monoisotopic (exact) mass is 352 g/mol. The molecular formula is C14H13BrN2O2S. The summed E-state index contributed by atoms with van der Waals surface area (Å²) < 4.78 is 11.9. The minimum atomic E-state index is 0.377. The molecule has 0 unspecified atom stereocenters. The summed E-state index contributed by atoms with van der Waals surface area (Å²) in [7, 11) is 0. The molecule has 1 aromatic carbocycles. The number of hydrogen-bond acceptors (Lipinski definition) is 4. The maximum absolute atomic E-state index is 5.55. The van der Waals surface area contributed by atoms with Crippen molar-refractivity contribution in [1.29, 1.82) is 0 Å². The molecule has 0 amide bonds. The normalized spacial score (nSPS) is 10.1. The molecule has 0 spiro atoms. The van der Waals surface area contributed by atoms with E-state index in [2.05, 4.69) is 20.9 Å². The molecule has 0 aliphatic heterocycles. The van der Waals surface area contributed by atoms with Gasteiger partial charge in [-0.2, -0.15) is 0 Å². The molecule has 0 aliphatic rings. The Labute approximate surface area is 131 Å². The first-order valence-corrected chi connectivity index (χ1v) is 7.11. The number of pyridine rings is 1. The van der Waals surface area contributed by atoms with Crippen LogP contribution in [0.25, 0.3) is 0 Å². The molecule has 6 heteroatoms. The zero-order valence-electron chi connectivity index (χ0n) is 10.6. The van der Waals surface area contributed by atoms with Crippen LogP contribution in [0.2, 0.25) is 0 Å². The van der Waals surface area contributed by atoms with Gasteiger partial charge in [0.05, 0.1) is 6.20 Å². The third-order valence-corrected chi connectivity index (χ3v) is 3.11. The van der Waals surface area contributed by atoms with Crippen LogP contribution in [0.4, 0.5) is 0 Å².